The molecule has 2 rings (SSSR count). The summed E-state index contributed by atoms with van der Waals surface area (Å²) in [7, 11) is 0. The molecule has 1 saturated carbocycles. The van der Waals surface area contributed by atoms with Crippen LogP contribution in [0.15, 0.2) is 12.1 Å². The van der Waals surface area contributed by atoms with E-state index in [1.807, 2.05) is 6.07 Å². The van der Waals surface area contributed by atoms with Crippen LogP contribution in [-0.4, -0.2) is 0 Å². The molecule has 15 heavy (non-hydrogen) atoms. The highest BCUT2D eigenvalue weighted by Gasteiger charge is 2.42. The number of nitriles is 1. The van der Waals surface area contributed by atoms with Gasteiger partial charge in [-0.2, -0.15) is 5.26 Å². The van der Waals surface area contributed by atoms with E-state index in [2.05, 4.69) is 0 Å². The summed E-state index contributed by atoms with van der Waals surface area (Å²) < 4.78 is 39.0. The Bertz CT molecular complexity index is 444. The van der Waals surface area contributed by atoms with Gasteiger partial charge in [0.05, 0.1) is 11.5 Å². The molecule has 0 spiro atoms. The standard InChI is InChI=1S/C11H8F3N/c12-8-3-2-7(9(13)10(8)14)11(6-15)4-1-5-11/h2-3H,1,4-5H2. The molecule has 0 radical (unpaired) electrons. The lowest BCUT2D eigenvalue weighted by atomic mass is 9.65. The van der Waals surface area contributed by atoms with Crippen molar-refractivity contribution >= 4 is 0 Å². The number of benzene rings is 1. The lowest BCUT2D eigenvalue weighted by Crippen LogP contribution is -2.33. The molecule has 1 aromatic rings. The van der Waals surface area contributed by atoms with Crippen molar-refractivity contribution in [2.24, 2.45) is 0 Å². The van der Waals surface area contributed by atoms with Crippen LogP contribution >= 0.6 is 0 Å². The Hall–Kier alpha value is -1.50. The number of rotatable bonds is 1. The molecule has 1 aliphatic rings. The molecule has 0 aromatic heterocycles. The Balaban J connectivity index is 2.55. The van der Waals surface area contributed by atoms with Gasteiger partial charge in [0, 0.05) is 5.56 Å². The normalized spacial score (nSPS) is 18.0. The van der Waals surface area contributed by atoms with Crippen molar-refractivity contribution in [3.8, 4) is 6.07 Å². The second kappa shape index (κ2) is 3.27. The van der Waals surface area contributed by atoms with Crippen LogP contribution in [0, 0.1) is 28.8 Å². The molecular formula is C11H8F3N. The van der Waals surface area contributed by atoms with E-state index in [0.717, 1.165) is 18.6 Å². The summed E-state index contributed by atoms with van der Waals surface area (Å²) in [4.78, 5) is 0. The van der Waals surface area contributed by atoms with Gasteiger partial charge in [0.2, 0.25) is 0 Å². The van der Waals surface area contributed by atoms with Crippen molar-refractivity contribution in [3.63, 3.8) is 0 Å². The number of hydrogen-bond donors (Lipinski definition) is 0. The second-order valence-corrected chi connectivity index (χ2v) is 3.77. The molecule has 0 amide bonds. The Morgan fingerprint density at radius 3 is 2.27 bits per heavy atom. The van der Waals surface area contributed by atoms with Crippen molar-refractivity contribution in [2.45, 2.75) is 24.7 Å². The first-order valence-electron chi connectivity index (χ1n) is 4.66. The zero-order chi connectivity index (χ0) is 11.1. The van der Waals surface area contributed by atoms with E-state index < -0.39 is 22.9 Å². The van der Waals surface area contributed by atoms with Gasteiger partial charge in [-0.1, -0.05) is 6.07 Å². The van der Waals surface area contributed by atoms with E-state index in [-0.39, 0.29) is 5.56 Å². The number of nitrogens with zero attached hydrogens (tertiary/aromatic N) is 1. The van der Waals surface area contributed by atoms with Gasteiger partial charge in [-0.15, -0.1) is 0 Å². The van der Waals surface area contributed by atoms with Crippen LogP contribution in [0.5, 0.6) is 0 Å². The molecule has 78 valence electrons. The van der Waals surface area contributed by atoms with Gasteiger partial charge in [-0.3, -0.25) is 0 Å². The summed E-state index contributed by atoms with van der Waals surface area (Å²) in [5, 5.41) is 8.94. The molecule has 0 heterocycles. The minimum Gasteiger partial charge on any atom is -0.204 e. The van der Waals surface area contributed by atoms with E-state index in [4.69, 9.17) is 5.26 Å². The highest BCUT2D eigenvalue weighted by molar-refractivity contribution is 5.37. The fraction of sp³-hybridized carbons (Fsp3) is 0.364. The molecular weight excluding hydrogens is 203 g/mol. The Kier molecular flexibility index (Phi) is 2.18. The topological polar surface area (TPSA) is 23.8 Å². The Morgan fingerprint density at radius 1 is 1.13 bits per heavy atom. The summed E-state index contributed by atoms with van der Waals surface area (Å²) >= 11 is 0. The molecule has 0 saturated heterocycles. The summed E-state index contributed by atoms with van der Waals surface area (Å²) in [6.07, 6.45) is 1.82. The molecule has 4 heteroatoms. The van der Waals surface area contributed by atoms with Gasteiger partial charge in [-0.25, -0.2) is 13.2 Å². The van der Waals surface area contributed by atoms with Crippen molar-refractivity contribution in [2.75, 3.05) is 0 Å². The van der Waals surface area contributed by atoms with Crippen LogP contribution in [0.2, 0.25) is 0 Å². The molecule has 1 fully saturated rings. The van der Waals surface area contributed by atoms with E-state index in [1.54, 1.807) is 0 Å². The van der Waals surface area contributed by atoms with E-state index in [0.29, 0.717) is 12.8 Å². The quantitative estimate of drug-likeness (QED) is 0.655. The predicted molar refractivity (Wildman–Crippen MR) is 47.5 cm³/mol. The molecule has 0 aliphatic heterocycles. The maximum absolute atomic E-state index is 13.4. The third-order valence-corrected chi connectivity index (χ3v) is 2.97. The third kappa shape index (κ3) is 1.30. The maximum Gasteiger partial charge on any atom is 0.194 e. The van der Waals surface area contributed by atoms with Gasteiger partial charge in [0.25, 0.3) is 0 Å². The highest BCUT2D eigenvalue weighted by Crippen LogP contribution is 2.44. The number of halogens is 3. The molecule has 1 aliphatic carbocycles. The van der Waals surface area contributed by atoms with Gasteiger partial charge < -0.3 is 0 Å². The largest absolute Gasteiger partial charge is 0.204 e. The minimum atomic E-state index is -1.49. The van der Waals surface area contributed by atoms with Crippen LogP contribution in [0.1, 0.15) is 24.8 Å². The molecule has 0 N–H and O–H groups in total. The lowest BCUT2D eigenvalue weighted by Gasteiger charge is -2.35. The maximum atomic E-state index is 13.4. The molecule has 0 bridgehead atoms. The van der Waals surface area contributed by atoms with Crippen molar-refractivity contribution < 1.29 is 13.2 Å². The molecule has 1 aromatic carbocycles. The minimum absolute atomic E-state index is 0.0184. The fourth-order valence-electron chi connectivity index (χ4n) is 1.87. The van der Waals surface area contributed by atoms with E-state index in [9.17, 15) is 13.2 Å². The smallest absolute Gasteiger partial charge is 0.194 e. The second-order valence-electron chi connectivity index (χ2n) is 3.77. The zero-order valence-corrected chi connectivity index (χ0v) is 7.86. The van der Waals surface area contributed by atoms with Crippen LogP contribution in [0.25, 0.3) is 0 Å². The van der Waals surface area contributed by atoms with Gasteiger partial charge in [0.1, 0.15) is 0 Å². The summed E-state index contributed by atoms with van der Waals surface area (Å²) in [6, 6.07) is 4.02. The average molecular weight is 211 g/mol. The van der Waals surface area contributed by atoms with Crippen molar-refractivity contribution in [3.05, 3.63) is 35.1 Å². The SMILES string of the molecule is N#CC1(c2ccc(F)c(F)c2F)CCC1. The first kappa shape index (κ1) is 10.0. The van der Waals surface area contributed by atoms with Crippen LogP contribution in [-0.2, 0) is 5.41 Å². The summed E-state index contributed by atoms with van der Waals surface area (Å²) in [6.45, 7) is 0. The number of hydrogen-bond acceptors (Lipinski definition) is 1. The van der Waals surface area contributed by atoms with Crippen LogP contribution < -0.4 is 0 Å². The Labute approximate surface area is 85.1 Å². The molecule has 0 unspecified atom stereocenters. The van der Waals surface area contributed by atoms with Crippen LogP contribution in [0.3, 0.4) is 0 Å². The van der Waals surface area contributed by atoms with E-state index >= 15 is 0 Å². The average Bonchev–Trinajstić information content (AvgIpc) is 2.17. The van der Waals surface area contributed by atoms with Gasteiger partial charge >= 0.3 is 0 Å². The molecule has 0 atom stereocenters. The van der Waals surface area contributed by atoms with Crippen molar-refractivity contribution in [1.82, 2.24) is 0 Å². The summed E-state index contributed by atoms with van der Waals surface area (Å²) in [5.74, 6) is -3.94. The lowest BCUT2D eigenvalue weighted by molar-refractivity contribution is 0.305. The monoisotopic (exact) mass is 211 g/mol. The van der Waals surface area contributed by atoms with Gasteiger partial charge in [-0.05, 0) is 25.3 Å². The van der Waals surface area contributed by atoms with E-state index in [1.165, 1.54) is 0 Å². The first-order chi connectivity index (χ1) is 7.10. The highest BCUT2D eigenvalue weighted by atomic mass is 19.2. The van der Waals surface area contributed by atoms with Gasteiger partial charge in [0.15, 0.2) is 17.5 Å². The third-order valence-electron chi connectivity index (χ3n) is 2.97. The van der Waals surface area contributed by atoms with Crippen molar-refractivity contribution in [1.29, 1.82) is 5.26 Å². The first-order valence-corrected chi connectivity index (χ1v) is 4.66. The van der Waals surface area contributed by atoms with Crippen LogP contribution in [0.4, 0.5) is 13.2 Å². The Morgan fingerprint density at radius 2 is 1.80 bits per heavy atom. The molecule has 1 nitrogen and oxygen atoms in total. The summed E-state index contributed by atoms with van der Waals surface area (Å²) in [5.41, 5.74) is -0.964. The zero-order valence-electron chi connectivity index (χ0n) is 7.86. The predicted octanol–water partition coefficient (Wildman–Crippen LogP) is 3.05. The fourth-order valence-corrected chi connectivity index (χ4v) is 1.87.